The molecule has 0 bridgehead atoms. The van der Waals surface area contributed by atoms with E-state index in [1.165, 1.54) is 0 Å². The summed E-state index contributed by atoms with van der Waals surface area (Å²) in [6.45, 7) is 5.03. The molecule has 0 amide bonds. The van der Waals surface area contributed by atoms with Gasteiger partial charge in [-0.2, -0.15) is 0 Å². The summed E-state index contributed by atoms with van der Waals surface area (Å²) in [7, 11) is 0. The van der Waals surface area contributed by atoms with Gasteiger partial charge in [0, 0.05) is 4.47 Å². The van der Waals surface area contributed by atoms with Gasteiger partial charge in [0.2, 0.25) is 0 Å². The summed E-state index contributed by atoms with van der Waals surface area (Å²) >= 11 is 3.32. The van der Waals surface area contributed by atoms with Gasteiger partial charge in [-0.05, 0) is 47.0 Å². The first kappa shape index (κ1) is 19.7. The van der Waals surface area contributed by atoms with Crippen LogP contribution < -0.4 is 0 Å². The predicted octanol–water partition coefficient (Wildman–Crippen LogP) is 5.14. The standard InChI is InChI=1S/C18H25BrO4/c1-3-5-7-11-22-17(20)14-9-10-15(16(19)13-14)18(21)23-12-8-6-4-2/h9-10,13H,3-8,11-12H2,1-2H3. The molecule has 0 aliphatic carbocycles. The maximum absolute atomic E-state index is 12.0. The zero-order valence-corrected chi connectivity index (χ0v) is 15.5. The molecule has 0 heterocycles. The lowest BCUT2D eigenvalue weighted by Gasteiger charge is -2.08. The first-order valence-corrected chi connectivity index (χ1v) is 9.03. The van der Waals surface area contributed by atoms with Crippen LogP contribution in [0.5, 0.6) is 0 Å². The zero-order valence-electron chi connectivity index (χ0n) is 13.9. The van der Waals surface area contributed by atoms with Gasteiger partial charge >= 0.3 is 11.9 Å². The second-order valence-electron chi connectivity index (χ2n) is 5.38. The highest BCUT2D eigenvalue weighted by Crippen LogP contribution is 2.20. The molecule has 1 rings (SSSR count). The summed E-state index contributed by atoms with van der Waals surface area (Å²) in [5.74, 6) is -0.750. The van der Waals surface area contributed by atoms with Crippen LogP contribution in [-0.4, -0.2) is 25.2 Å². The normalized spacial score (nSPS) is 10.4. The van der Waals surface area contributed by atoms with E-state index < -0.39 is 0 Å². The van der Waals surface area contributed by atoms with Crippen LogP contribution >= 0.6 is 15.9 Å². The molecule has 5 heteroatoms. The van der Waals surface area contributed by atoms with Crippen molar-refractivity contribution in [2.24, 2.45) is 0 Å². The van der Waals surface area contributed by atoms with E-state index in [1.807, 2.05) is 0 Å². The molecule has 1 aromatic rings. The number of rotatable bonds is 10. The molecule has 0 saturated carbocycles. The lowest BCUT2D eigenvalue weighted by molar-refractivity contribution is 0.0482. The third kappa shape index (κ3) is 7.16. The average molecular weight is 385 g/mol. The van der Waals surface area contributed by atoms with Crippen LogP contribution in [0.3, 0.4) is 0 Å². The van der Waals surface area contributed by atoms with E-state index in [4.69, 9.17) is 9.47 Å². The van der Waals surface area contributed by atoms with E-state index in [2.05, 4.69) is 29.8 Å². The van der Waals surface area contributed by atoms with Crippen LogP contribution in [-0.2, 0) is 9.47 Å². The second-order valence-corrected chi connectivity index (χ2v) is 6.24. The minimum absolute atomic E-state index is 0.371. The van der Waals surface area contributed by atoms with E-state index >= 15 is 0 Å². The van der Waals surface area contributed by atoms with Crippen LogP contribution in [0.4, 0.5) is 0 Å². The molecule has 0 aliphatic rings. The Kier molecular flexibility index (Phi) is 9.60. The van der Waals surface area contributed by atoms with E-state index in [-0.39, 0.29) is 11.9 Å². The monoisotopic (exact) mass is 384 g/mol. The third-order valence-corrected chi connectivity index (χ3v) is 4.04. The fourth-order valence-corrected chi connectivity index (χ4v) is 2.54. The van der Waals surface area contributed by atoms with Gasteiger partial charge in [0.15, 0.2) is 0 Å². The molecule has 128 valence electrons. The minimum Gasteiger partial charge on any atom is -0.462 e. The van der Waals surface area contributed by atoms with Gasteiger partial charge in [0.25, 0.3) is 0 Å². The number of benzene rings is 1. The van der Waals surface area contributed by atoms with Crippen LogP contribution in [0.1, 0.15) is 73.1 Å². The van der Waals surface area contributed by atoms with Crippen LogP contribution in [0.2, 0.25) is 0 Å². The van der Waals surface area contributed by atoms with Crippen LogP contribution in [0.25, 0.3) is 0 Å². The summed E-state index contributed by atoms with van der Waals surface area (Å²) in [5, 5.41) is 0. The van der Waals surface area contributed by atoms with Crippen molar-refractivity contribution in [1.29, 1.82) is 0 Å². The SMILES string of the molecule is CCCCCOC(=O)c1ccc(C(=O)OCCCCC)c(Br)c1. The lowest BCUT2D eigenvalue weighted by Crippen LogP contribution is -2.10. The number of carbonyl (C=O) groups is 2. The molecule has 0 aliphatic heterocycles. The average Bonchev–Trinajstić information content (AvgIpc) is 2.55. The Hall–Kier alpha value is -1.36. The van der Waals surface area contributed by atoms with E-state index in [0.717, 1.165) is 38.5 Å². The molecule has 23 heavy (non-hydrogen) atoms. The van der Waals surface area contributed by atoms with Gasteiger partial charge in [-0.15, -0.1) is 0 Å². The van der Waals surface area contributed by atoms with Crippen molar-refractivity contribution < 1.29 is 19.1 Å². The number of unbranched alkanes of at least 4 members (excludes halogenated alkanes) is 4. The Morgan fingerprint density at radius 2 is 1.48 bits per heavy atom. The van der Waals surface area contributed by atoms with E-state index in [0.29, 0.717) is 28.8 Å². The maximum Gasteiger partial charge on any atom is 0.339 e. The number of ether oxygens (including phenoxy) is 2. The second kappa shape index (κ2) is 11.2. The summed E-state index contributed by atoms with van der Waals surface area (Å²) in [5.41, 5.74) is 0.847. The van der Waals surface area contributed by atoms with Crippen molar-refractivity contribution in [2.75, 3.05) is 13.2 Å². The van der Waals surface area contributed by atoms with Gasteiger partial charge in [0.1, 0.15) is 0 Å². The number of hydrogen-bond donors (Lipinski definition) is 0. The van der Waals surface area contributed by atoms with Gasteiger partial charge in [-0.25, -0.2) is 9.59 Å². The van der Waals surface area contributed by atoms with Gasteiger partial charge < -0.3 is 9.47 Å². The highest BCUT2D eigenvalue weighted by atomic mass is 79.9. The summed E-state index contributed by atoms with van der Waals surface area (Å²) in [4.78, 5) is 23.9. The highest BCUT2D eigenvalue weighted by Gasteiger charge is 2.15. The molecule has 0 radical (unpaired) electrons. The zero-order chi connectivity index (χ0) is 17.1. The minimum atomic E-state index is -0.379. The largest absolute Gasteiger partial charge is 0.462 e. The van der Waals surface area contributed by atoms with Crippen molar-refractivity contribution in [3.05, 3.63) is 33.8 Å². The van der Waals surface area contributed by atoms with E-state index in [1.54, 1.807) is 18.2 Å². The fraction of sp³-hybridized carbons (Fsp3) is 0.556. The van der Waals surface area contributed by atoms with Crippen molar-refractivity contribution in [3.63, 3.8) is 0 Å². The molecule has 0 spiro atoms. The quantitative estimate of drug-likeness (QED) is 0.413. The molecule has 4 nitrogen and oxygen atoms in total. The molecule has 0 aromatic heterocycles. The Balaban J connectivity index is 2.56. The van der Waals surface area contributed by atoms with Gasteiger partial charge in [0.05, 0.1) is 24.3 Å². The Bertz CT molecular complexity index is 514. The number of halogens is 1. The van der Waals surface area contributed by atoms with Crippen LogP contribution in [0, 0.1) is 0 Å². The lowest BCUT2D eigenvalue weighted by atomic mass is 10.1. The number of carbonyl (C=O) groups excluding carboxylic acids is 2. The van der Waals surface area contributed by atoms with E-state index in [9.17, 15) is 9.59 Å². The Morgan fingerprint density at radius 3 is 2.00 bits per heavy atom. The highest BCUT2D eigenvalue weighted by molar-refractivity contribution is 9.10. The van der Waals surface area contributed by atoms with Crippen molar-refractivity contribution in [3.8, 4) is 0 Å². The van der Waals surface area contributed by atoms with Crippen molar-refractivity contribution >= 4 is 27.9 Å². The van der Waals surface area contributed by atoms with Gasteiger partial charge in [-0.1, -0.05) is 39.5 Å². The number of esters is 2. The van der Waals surface area contributed by atoms with Crippen molar-refractivity contribution in [1.82, 2.24) is 0 Å². The molecule has 0 N–H and O–H groups in total. The van der Waals surface area contributed by atoms with Crippen LogP contribution in [0.15, 0.2) is 22.7 Å². The molecule has 0 atom stereocenters. The predicted molar refractivity (Wildman–Crippen MR) is 93.8 cm³/mol. The first-order chi connectivity index (χ1) is 11.1. The van der Waals surface area contributed by atoms with Gasteiger partial charge in [-0.3, -0.25) is 0 Å². The van der Waals surface area contributed by atoms with Crippen molar-refractivity contribution in [2.45, 2.75) is 52.4 Å². The molecule has 0 fully saturated rings. The molecule has 0 saturated heterocycles. The third-order valence-electron chi connectivity index (χ3n) is 3.39. The maximum atomic E-state index is 12.0. The first-order valence-electron chi connectivity index (χ1n) is 8.24. The summed E-state index contributed by atoms with van der Waals surface area (Å²) in [6, 6.07) is 4.79. The molecular weight excluding hydrogens is 360 g/mol. The molecule has 0 unspecified atom stereocenters. The number of hydrogen-bond acceptors (Lipinski definition) is 4. The Labute approximate surface area is 146 Å². The molecular formula is C18H25BrO4. The summed E-state index contributed by atoms with van der Waals surface area (Å²) < 4.78 is 11.0. The Morgan fingerprint density at radius 1 is 0.913 bits per heavy atom. The smallest absolute Gasteiger partial charge is 0.339 e. The topological polar surface area (TPSA) is 52.6 Å². The summed E-state index contributed by atoms with van der Waals surface area (Å²) in [6.07, 6.45) is 5.97. The molecule has 1 aromatic carbocycles. The fourth-order valence-electron chi connectivity index (χ4n) is 2.00.